The topological polar surface area (TPSA) is 17.1 Å². The Labute approximate surface area is 121 Å². The van der Waals surface area contributed by atoms with Gasteiger partial charge in [0.25, 0.3) is 0 Å². The van der Waals surface area contributed by atoms with Gasteiger partial charge in [0.1, 0.15) is 0 Å². The van der Waals surface area contributed by atoms with Gasteiger partial charge in [0.15, 0.2) is 5.78 Å². The second kappa shape index (κ2) is 5.72. The molecule has 0 spiro atoms. The predicted molar refractivity (Wildman–Crippen MR) is 75.4 cm³/mol. The zero-order chi connectivity index (χ0) is 15.6. The second-order valence-corrected chi connectivity index (χ2v) is 5.05. The molecule has 0 amide bonds. The standard InChI is InChI=1S/C17H15F3O/c1-11-5-3-8-15(12(11)2)16(21)10-13-6-4-7-14(9-13)17(18,19)20/h3-9H,10H2,1-2H3. The zero-order valence-electron chi connectivity index (χ0n) is 11.8. The highest BCUT2D eigenvalue weighted by Crippen LogP contribution is 2.29. The molecule has 2 aromatic carbocycles. The Morgan fingerprint density at radius 1 is 1.05 bits per heavy atom. The molecular formula is C17H15F3O. The second-order valence-electron chi connectivity index (χ2n) is 5.05. The number of halogens is 3. The highest BCUT2D eigenvalue weighted by atomic mass is 19.4. The summed E-state index contributed by atoms with van der Waals surface area (Å²) in [7, 11) is 0. The molecular weight excluding hydrogens is 277 g/mol. The number of Topliss-reactive ketones (excluding diaryl/α,β-unsaturated/α-hetero) is 1. The van der Waals surface area contributed by atoms with E-state index >= 15 is 0 Å². The lowest BCUT2D eigenvalue weighted by Crippen LogP contribution is -2.09. The van der Waals surface area contributed by atoms with Crippen LogP contribution < -0.4 is 0 Å². The van der Waals surface area contributed by atoms with Crippen molar-refractivity contribution < 1.29 is 18.0 Å². The smallest absolute Gasteiger partial charge is 0.294 e. The average Bonchev–Trinajstić information content (AvgIpc) is 2.41. The SMILES string of the molecule is Cc1cccc(C(=O)Cc2cccc(C(F)(F)F)c2)c1C. The normalized spacial score (nSPS) is 11.5. The Morgan fingerprint density at radius 2 is 1.71 bits per heavy atom. The molecule has 0 saturated carbocycles. The van der Waals surface area contributed by atoms with Gasteiger partial charge >= 0.3 is 6.18 Å². The maximum atomic E-state index is 12.7. The van der Waals surface area contributed by atoms with E-state index in [0.717, 1.165) is 23.3 Å². The monoisotopic (exact) mass is 292 g/mol. The Kier molecular flexibility index (Phi) is 4.16. The average molecular weight is 292 g/mol. The van der Waals surface area contributed by atoms with Gasteiger partial charge in [0, 0.05) is 12.0 Å². The number of hydrogen-bond donors (Lipinski definition) is 0. The molecule has 4 heteroatoms. The van der Waals surface area contributed by atoms with Gasteiger partial charge in [-0.2, -0.15) is 13.2 Å². The van der Waals surface area contributed by atoms with Crippen molar-refractivity contribution in [3.8, 4) is 0 Å². The van der Waals surface area contributed by atoms with Gasteiger partial charge in [0.05, 0.1) is 5.56 Å². The third-order valence-corrected chi connectivity index (χ3v) is 3.52. The van der Waals surface area contributed by atoms with Crippen LogP contribution in [0.15, 0.2) is 42.5 Å². The van der Waals surface area contributed by atoms with E-state index in [2.05, 4.69) is 0 Å². The molecule has 0 N–H and O–H groups in total. The van der Waals surface area contributed by atoms with Crippen LogP contribution in [0, 0.1) is 13.8 Å². The van der Waals surface area contributed by atoms with Crippen LogP contribution in [0.2, 0.25) is 0 Å². The van der Waals surface area contributed by atoms with Crippen LogP contribution in [0.25, 0.3) is 0 Å². The van der Waals surface area contributed by atoms with E-state index in [-0.39, 0.29) is 12.2 Å². The van der Waals surface area contributed by atoms with Crippen molar-refractivity contribution in [2.45, 2.75) is 26.4 Å². The molecule has 0 atom stereocenters. The highest BCUT2D eigenvalue weighted by Gasteiger charge is 2.30. The fourth-order valence-electron chi connectivity index (χ4n) is 2.19. The largest absolute Gasteiger partial charge is 0.416 e. The van der Waals surface area contributed by atoms with Gasteiger partial charge in [-0.3, -0.25) is 4.79 Å². The minimum Gasteiger partial charge on any atom is -0.294 e. The van der Waals surface area contributed by atoms with Crippen molar-refractivity contribution in [1.82, 2.24) is 0 Å². The Balaban J connectivity index is 2.26. The maximum Gasteiger partial charge on any atom is 0.416 e. The number of hydrogen-bond acceptors (Lipinski definition) is 1. The molecule has 2 aromatic rings. The Bertz CT molecular complexity index is 672. The molecule has 0 unspecified atom stereocenters. The number of carbonyl (C=O) groups is 1. The van der Waals surface area contributed by atoms with Crippen LogP contribution in [0.4, 0.5) is 13.2 Å². The van der Waals surface area contributed by atoms with Gasteiger partial charge in [0.2, 0.25) is 0 Å². The fraction of sp³-hybridized carbons (Fsp3) is 0.235. The van der Waals surface area contributed by atoms with Crippen LogP contribution in [0.1, 0.15) is 32.6 Å². The number of carbonyl (C=O) groups excluding carboxylic acids is 1. The molecule has 0 aromatic heterocycles. The molecule has 0 aliphatic rings. The summed E-state index contributed by atoms with van der Waals surface area (Å²) in [6.45, 7) is 3.74. The van der Waals surface area contributed by atoms with E-state index < -0.39 is 11.7 Å². The first kappa shape index (κ1) is 15.3. The highest BCUT2D eigenvalue weighted by molar-refractivity contribution is 5.99. The lowest BCUT2D eigenvalue weighted by atomic mass is 9.96. The maximum absolute atomic E-state index is 12.7. The first-order valence-corrected chi connectivity index (χ1v) is 6.54. The summed E-state index contributed by atoms with van der Waals surface area (Å²) in [6.07, 6.45) is -4.42. The minimum atomic E-state index is -4.39. The number of benzene rings is 2. The quantitative estimate of drug-likeness (QED) is 0.746. The molecule has 1 nitrogen and oxygen atoms in total. The Morgan fingerprint density at radius 3 is 2.38 bits per heavy atom. The van der Waals surface area contributed by atoms with E-state index in [0.29, 0.717) is 11.1 Å². The van der Waals surface area contributed by atoms with E-state index in [9.17, 15) is 18.0 Å². The number of aryl methyl sites for hydroxylation is 1. The molecule has 0 saturated heterocycles. The van der Waals surface area contributed by atoms with Gasteiger partial charge in [-0.15, -0.1) is 0 Å². The van der Waals surface area contributed by atoms with Crippen LogP contribution >= 0.6 is 0 Å². The molecule has 21 heavy (non-hydrogen) atoms. The summed E-state index contributed by atoms with van der Waals surface area (Å²) >= 11 is 0. The molecule has 0 radical (unpaired) electrons. The van der Waals surface area contributed by atoms with Crippen molar-refractivity contribution in [2.75, 3.05) is 0 Å². The van der Waals surface area contributed by atoms with Crippen LogP contribution in [-0.4, -0.2) is 5.78 Å². The Hall–Kier alpha value is -2.10. The van der Waals surface area contributed by atoms with E-state index in [4.69, 9.17) is 0 Å². The molecule has 0 aliphatic heterocycles. The van der Waals surface area contributed by atoms with Crippen molar-refractivity contribution >= 4 is 5.78 Å². The van der Waals surface area contributed by atoms with Crippen molar-refractivity contribution in [1.29, 1.82) is 0 Å². The first-order chi connectivity index (χ1) is 9.79. The van der Waals surface area contributed by atoms with Gasteiger partial charge in [-0.25, -0.2) is 0 Å². The predicted octanol–water partition coefficient (Wildman–Crippen LogP) is 4.75. The summed E-state index contributed by atoms with van der Waals surface area (Å²) in [4.78, 5) is 12.3. The number of rotatable bonds is 3. The molecule has 0 fully saturated rings. The third-order valence-electron chi connectivity index (χ3n) is 3.52. The summed E-state index contributed by atoms with van der Waals surface area (Å²) in [6, 6.07) is 10.3. The molecule has 110 valence electrons. The summed E-state index contributed by atoms with van der Waals surface area (Å²) in [5, 5.41) is 0. The minimum absolute atomic E-state index is 0.0335. The van der Waals surface area contributed by atoms with E-state index in [1.165, 1.54) is 12.1 Å². The molecule has 0 aliphatic carbocycles. The lowest BCUT2D eigenvalue weighted by molar-refractivity contribution is -0.137. The van der Waals surface area contributed by atoms with Crippen LogP contribution in [-0.2, 0) is 12.6 Å². The molecule has 2 rings (SSSR count). The lowest BCUT2D eigenvalue weighted by Gasteiger charge is -2.10. The molecule has 0 bridgehead atoms. The summed E-state index contributed by atoms with van der Waals surface area (Å²) in [5.74, 6) is -0.171. The van der Waals surface area contributed by atoms with Crippen molar-refractivity contribution in [2.24, 2.45) is 0 Å². The zero-order valence-corrected chi connectivity index (χ0v) is 11.8. The fourth-order valence-corrected chi connectivity index (χ4v) is 2.19. The van der Waals surface area contributed by atoms with E-state index in [1.54, 1.807) is 12.1 Å². The number of ketones is 1. The number of alkyl halides is 3. The van der Waals surface area contributed by atoms with Crippen LogP contribution in [0.3, 0.4) is 0 Å². The summed E-state index contributed by atoms with van der Waals surface area (Å²) in [5.41, 5.74) is 2.07. The van der Waals surface area contributed by atoms with Crippen molar-refractivity contribution in [3.05, 3.63) is 70.3 Å². The van der Waals surface area contributed by atoms with Crippen molar-refractivity contribution in [3.63, 3.8) is 0 Å². The van der Waals surface area contributed by atoms with Gasteiger partial charge < -0.3 is 0 Å². The van der Waals surface area contributed by atoms with E-state index in [1.807, 2.05) is 19.9 Å². The van der Waals surface area contributed by atoms with Crippen LogP contribution in [0.5, 0.6) is 0 Å². The summed E-state index contributed by atoms with van der Waals surface area (Å²) < 4.78 is 38.0. The molecule has 0 heterocycles. The first-order valence-electron chi connectivity index (χ1n) is 6.54. The van der Waals surface area contributed by atoms with Gasteiger partial charge in [-0.05, 0) is 36.6 Å². The van der Waals surface area contributed by atoms with Gasteiger partial charge in [-0.1, -0.05) is 36.4 Å². The third kappa shape index (κ3) is 3.51.